The fourth-order valence-electron chi connectivity index (χ4n) is 3.40. The fraction of sp³-hybridized carbons (Fsp3) is 0.389. The van der Waals surface area contributed by atoms with Crippen molar-refractivity contribution in [2.45, 2.75) is 20.3 Å². The molecule has 0 saturated carbocycles. The normalized spacial score (nSPS) is 21.5. The highest BCUT2D eigenvalue weighted by atomic mass is 19.1. The Morgan fingerprint density at radius 1 is 1.52 bits per heavy atom. The Balaban J connectivity index is 1.84. The van der Waals surface area contributed by atoms with Gasteiger partial charge in [0.15, 0.2) is 5.82 Å². The van der Waals surface area contributed by atoms with E-state index in [4.69, 9.17) is 0 Å². The zero-order valence-electron chi connectivity index (χ0n) is 14.1. The Kier molecular flexibility index (Phi) is 4.43. The molecular weight excluding hydrogens is 325 g/mol. The molecule has 7 heteroatoms. The molecule has 2 amide bonds. The molecule has 1 aliphatic carbocycles. The number of allylic oxidation sites excluding steroid dienone is 3. The molecule has 2 N–H and O–H groups in total. The first-order valence-electron chi connectivity index (χ1n) is 8.11. The summed E-state index contributed by atoms with van der Waals surface area (Å²) in [6.07, 6.45) is 6.49. The van der Waals surface area contributed by atoms with Crippen LogP contribution in [0.15, 0.2) is 42.0 Å². The van der Waals surface area contributed by atoms with E-state index >= 15 is 0 Å². The first kappa shape index (κ1) is 17.3. The van der Waals surface area contributed by atoms with Crippen LogP contribution in [0.2, 0.25) is 0 Å². The number of rotatable bonds is 4. The lowest BCUT2D eigenvalue weighted by molar-refractivity contribution is -0.135. The first-order chi connectivity index (χ1) is 11.9. The molecule has 1 aromatic heterocycles. The molecule has 1 fully saturated rings. The third kappa shape index (κ3) is 2.95. The average Bonchev–Trinajstić information content (AvgIpc) is 2.76. The van der Waals surface area contributed by atoms with Crippen molar-refractivity contribution in [3.8, 4) is 0 Å². The van der Waals surface area contributed by atoms with E-state index in [1.165, 1.54) is 12.3 Å². The van der Waals surface area contributed by atoms with E-state index < -0.39 is 17.1 Å². The zero-order chi connectivity index (χ0) is 18.2. The second kappa shape index (κ2) is 6.40. The molecule has 0 spiro atoms. The number of pyridine rings is 1. The number of aliphatic hydroxyl groups is 1. The lowest BCUT2D eigenvalue weighted by atomic mass is 9.76. The maximum Gasteiger partial charge on any atom is 0.258 e. The van der Waals surface area contributed by atoms with Gasteiger partial charge in [-0.05, 0) is 18.6 Å². The molecule has 1 aliphatic heterocycles. The summed E-state index contributed by atoms with van der Waals surface area (Å²) in [7, 11) is 0. The highest BCUT2D eigenvalue weighted by Crippen LogP contribution is 2.47. The highest BCUT2D eigenvalue weighted by Gasteiger charge is 2.50. The predicted octanol–water partition coefficient (Wildman–Crippen LogP) is 1.60. The topological polar surface area (TPSA) is 82.5 Å². The van der Waals surface area contributed by atoms with E-state index in [0.29, 0.717) is 12.1 Å². The monoisotopic (exact) mass is 345 g/mol. The van der Waals surface area contributed by atoms with Gasteiger partial charge in [0.05, 0.1) is 23.8 Å². The standard InChI is InChI=1S/C18H20FN3O3/c1-18(2)13-4-3-11(9-15(13)22(7-8-23)17(18)25)21-16(24)12-5-6-20-10-14(12)19/h3,5-6,9-10,13,23H,4,7-8H2,1-2H3,(H,21,24). The lowest BCUT2D eigenvalue weighted by Gasteiger charge is -2.26. The van der Waals surface area contributed by atoms with Crippen LogP contribution >= 0.6 is 0 Å². The second-order valence-electron chi connectivity index (χ2n) is 6.73. The van der Waals surface area contributed by atoms with Crippen LogP contribution in [0, 0.1) is 17.2 Å². The summed E-state index contributed by atoms with van der Waals surface area (Å²) in [5, 5.41) is 11.9. The van der Waals surface area contributed by atoms with E-state index in [1.54, 1.807) is 11.0 Å². The van der Waals surface area contributed by atoms with Gasteiger partial charge in [-0.2, -0.15) is 0 Å². The van der Waals surface area contributed by atoms with Crippen LogP contribution in [-0.2, 0) is 4.79 Å². The van der Waals surface area contributed by atoms with E-state index in [0.717, 1.165) is 11.9 Å². The molecule has 1 unspecified atom stereocenters. The Hall–Kier alpha value is -2.54. The van der Waals surface area contributed by atoms with Crippen molar-refractivity contribution in [3.05, 3.63) is 53.4 Å². The number of carbonyl (C=O) groups is 2. The maximum absolute atomic E-state index is 13.7. The van der Waals surface area contributed by atoms with Gasteiger partial charge in [-0.3, -0.25) is 14.6 Å². The summed E-state index contributed by atoms with van der Waals surface area (Å²) in [6.45, 7) is 3.84. The van der Waals surface area contributed by atoms with Crippen LogP contribution in [0.25, 0.3) is 0 Å². The molecule has 1 atom stereocenters. The minimum Gasteiger partial charge on any atom is -0.395 e. The molecule has 1 aromatic rings. The van der Waals surface area contributed by atoms with Gasteiger partial charge in [-0.1, -0.05) is 19.9 Å². The second-order valence-corrected chi connectivity index (χ2v) is 6.73. The van der Waals surface area contributed by atoms with Gasteiger partial charge in [-0.15, -0.1) is 0 Å². The number of β-amino-alcohol motifs (C(OH)–C–C–N with tert-alkyl or cyclic N) is 1. The van der Waals surface area contributed by atoms with Crippen molar-refractivity contribution in [1.29, 1.82) is 0 Å². The Morgan fingerprint density at radius 3 is 2.96 bits per heavy atom. The van der Waals surface area contributed by atoms with Crippen LogP contribution in [-0.4, -0.2) is 40.0 Å². The van der Waals surface area contributed by atoms with Gasteiger partial charge < -0.3 is 15.3 Å². The van der Waals surface area contributed by atoms with Crippen LogP contribution in [0.3, 0.4) is 0 Å². The van der Waals surface area contributed by atoms with Crippen molar-refractivity contribution in [2.75, 3.05) is 13.2 Å². The number of fused-ring (bicyclic) bond motifs is 1. The molecule has 1 saturated heterocycles. The largest absolute Gasteiger partial charge is 0.395 e. The maximum atomic E-state index is 13.7. The Morgan fingerprint density at radius 2 is 2.28 bits per heavy atom. The van der Waals surface area contributed by atoms with E-state index in [9.17, 15) is 19.1 Å². The van der Waals surface area contributed by atoms with Crippen molar-refractivity contribution in [3.63, 3.8) is 0 Å². The van der Waals surface area contributed by atoms with Gasteiger partial charge in [0, 0.05) is 30.1 Å². The van der Waals surface area contributed by atoms with Gasteiger partial charge in [0.2, 0.25) is 5.91 Å². The molecule has 0 aromatic carbocycles. The number of aliphatic hydroxyl groups excluding tert-OH is 1. The summed E-state index contributed by atoms with van der Waals surface area (Å²) in [5.41, 5.74) is 0.633. The number of nitrogens with zero attached hydrogens (tertiary/aromatic N) is 2. The van der Waals surface area contributed by atoms with Crippen molar-refractivity contribution < 1.29 is 19.1 Å². The summed E-state index contributed by atoms with van der Waals surface area (Å²) >= 11 is 0. The van der Waals surface area contributed by atoms with E-state index in [2.05, 4.69) is 10.3 Å². The number of amides is 2. The molecule has 132 valence electrons. The van der Waals surface area contributed by atoms with Crippen molar-refractivity contribution in [1.82, 2.24) is 15.2 Å². The number of carbonyl (C=O) groups excluding carboxylic acids is 2. The number of likely N-dealkylation sites (tertiary alicyclic amines) is 1. The van der Waals surface area contributed by atoms with Gasteiger partial charge in [0.1, 0.15) is 0 Å². The lowest BCUT2D eigenvalue weighted by Crippen LogP contribution is -2.33. The van der Waals surface area contributed by atoms with E-state index in [-0.39, 0.29) is 30.5 Å². The number of halogens is 1. The molecular formula is C18H20FN3O3. The molecule has 6 nitrogen and oxygen atoms in total. The summed E-state index contributed by atoms with van der Waals surface area (Å²) in [5.74, 6) is -1.32. The molecule has 25 heavy (non-hydrogen) atoms. The van der Waals surface area contributed by atoms with Crippen molar-refractivity contribution in [2.24, 2.45) is 11.3 Å². The highest BCUT2D eigenvalue weighted by molar-refractivity contribution is 5.96. The minimum absolute atomic E-state index is 0.00939. The number of nitrogens with one attached hydrogen (secondary N) is 1. The van der Waals surface area contributed by atoms with Crippen molar-refractivity contribution >= 4 is 11.8 Å². The first-order valence-corrected chi connectivity index (χ1v) is 8.11. The minimum atomic E-state index is -0.693. The van der Waals surface area contributed by atoms with Gasteiger partial charge in [-0.25, -0.2) is 4.39 Å². The van der Waals surface area contributed by atoms with Crippen LogP contribution in [0.1, 0.15) is 30.6 Å². The molecule has 0 radical (unpaired) electrons. The third-order valence-corrected chi connectivity index (χ3v) is 4.81. The molecule has 3 rings (SSSR count). The number of aromatic nitrogens is 1. The number of hydrogen-bond donors (Lipinski definition) is 2. The quantitative estimate of drug-likeness (QED) is 0.868. The average molecular weight is 345 g/mol. The fourth-order valence-corrected chi connectivity index (χ4v) is 3.40. The van der Waals surface area contributed by atoms with Crippen LogP contribution < -0.4 is 5.32 Å². The summed E-state index contributed by atoms with van der Waals surface area (Å²) in [4.78, 5) is 30.0. The molecule has 2 aliphatic rings. The number of hydrogen-bond acceptors (Lipinski definition) is 4. The summed E-state index contributed by atoms with van der Waals surface area (Å²) in [6, 6.07) is 1.31. The smallest absolute Gasteiger partial charge is 0.258 e. The predicted molar refractivity (Wildman–Crippen MR) is 88.5 cm³/mol. The summed E-state index contributed by atoms with van der Waals surface area (Å²) < 4.78 is 13.7. The van der Waals surface area contributed by atoms with Crippen LogP contribution in [0.4, 0.5) is 4.39 Å². The van der Waals surface area contributed by atoms with Gasteiger partial charge >= 0.3 is 0 Å². The van der Waals surface area contributed by atoms with Crippen LogP contribution in [0.5, 0.6) is 0 Å². The molecule has 0 bridgehead atoms. The SMILES string of the molecule is CC1(C)C(=O)N(CCO)C2=CC(NC(=O)c3ccncc3F)=CCC21. The van der Waals surface area contributed by atoms with Gasteiger partial charge in [0.25, 0.3) is 5.91 Å². The van der Waals surface area contributed by atoms with E-state index in [1.807, 2.05) is 19.9 Å². The Labute approximate surface area is 145 Å². The molecule has 2 heterocycles. The zero-order valence-corrected chi connectivity index (χ0v) is 14.1. The Bertz CT molecular complexity index is 786. The third-order valence-electron chi connectivity index (χ3n) is 4.81.